The lowest BCUT2D eigenvalue weighted by Gasteiger charge is -2.13. The van der Waals surface area contributed by atoms with E-state index < -0.39 is 6.80 Å². The lowest BCUT2D eigenvalue weighted by atomic mass is 10.1. The zero-order chi connectivity index (χ0) is 13.2. The van der Waals surface area contributed by atoms with Gasteiger partial charge in [0.25, 0.3) is 5.91 Å². The van der Waals surface area contributed by atoms with Gasteiger partial charge in [0, 0.05) is 11.1 Å². The third-order valence-corrected chi connectivity index (χ3v) is 3.19. The molecule has 0 aromatic heterocycles. The van der Waals surface area contributed by atoms with E-state index in [9.17, 15) is 9.18 Å². The van der Waals surface area contributed by atoms with Crippen LogP contribution in [0, 0.1) is 0 Å². The molecule has 2 aromatic carbocycles. The van der Waals surface area contributed by atoms with E-state index in [2.05, 4.69) is 0 Å². The maximum atomic E-state index is 13.1. The Balaban J connectivity index is 2.14. The van der Waals surface area contributed by atoms with Crippen LogP contribution in [0.1, 0.15) is 21.5 Å². The zero-order valence-electron chi connectivity index (χ0n) is 10.2. The van der Waals surface area contributed by atoms with E-state index in [1.807, 2.05) is 48.5 Å². The first-order valence-corrected chi connectivity index (χ1v) is 6.05. The van der Waals surface area contributed by atoms with Crippen LogP contribution in [0.2, 0.25) is 0 Å². The van der Waals surface area contributed by atoms with Gasteiger partial charge in [-0.3, -0.25) is 9.69 Å². The van der Waals surface area contributed by atoms with Crippen molar-refractivity contribution in [1.82, 2.24) is 4.90 Å². The minimum Gasteiger partial charge on any atom is -0.279 e. The number of carbonyl (C=O) groups is 1. The maximum absolute atomic E-state index is 13.1. The standard InChI is InChI=1S/C16H12FNO/c17-11-18-15(10-12-6-2-1-3-7-12)13-8-4-5-9-14(13)16(18)19/h1-10H,11H2. The van der Waals surface area contributed by atoms with Crippen LogP contribution in [-0.2, 0) is 0 Å². The van der Waals surface area contributed by atoms with E-state index in [1.165, 1.54) is 0 Å². The normalized spacial score (nSPS) is 15.9. The molecule has 1 heterocycles. The fraction of sp³-hybridized carbons (Fsp3) is 0.0625. The molecule has 3 heteroatoms. The SMILES string of the molecule is O=C1c2ccccc2C(=Cc2ccccc2)N1CF. The lowest BCUT2D eigenvalue weighted by molar-refractivity contribution is 0.0806. The Morgan fingerprint density at radius 2 is 1.58 bits per heavy atom. The molecule has 0 saturated carbocycles. The monoisotopic (exact) mass is 253 g/mol. The van der Waals surface area contributed by atoms with Gasteiger partial charge in [0.2, 0.25) is 0 Å². The van der Waals surface area contributed by atoms with Crippen LogP contribution < -0.4 is 0 Å². The largest absolute Gasteiger partial charge is 0.279 e. The highest BCUT2D eigenvalue weighted by Crippen LogP contribution is 2.33. The molecule has 0 saturated heterocycles. The van der Waals surface area contributed by atoms with Crippen molar-refractivity contribution in [3.8, 4) is 0 Å². The number of rotatable bonds is 2. The van der Waals surface area contributed by atoms with E-state index in [0.29, 0.717) is 11.3 Å². The molecule has 0 spiro atoms. The van der Waals surface area contributed by atoms with Gasteiger partial charge in [0.1, 0.15) is 0 Å². The minimum absolute atomic E-state index is 0.278. The second-order valence-corrected chi connectivity index (χ2v) is 4.34. The van der Waals surface area contributed by atoms with Gasteiger partial charge in [-0.2, -0.15) is 0 Å². The third kappa shape index (κ3) is 1.93. The molecule has 0 unspecified atom stereocenters. The molecule has 0 N–H and O–H groups in total. The number of carbonyl (C=O) groups excluding carboxylic acids is 1. The van der Waals surface area contributed by atoms with Gasteiger partial charge >= 0.3 is 0 Å². The molecule has 3 rings (SSSR count). The molecule has 19 heavy (non-hydrogen) atoms. The van der Waals surface area contributed by atoms with Crippen molar-refractivity contribution in [2.24, 2.45) is 0 Å². The van der Waals surface area contributed by atoms with E-state index in [4.69, 9.17) is 0 Å². The fourth-order valence-corrected chi connectivity index (χ4v) is 2.27. The molecule has 0 aliphatic carbocycles. The van der Waals surface area contributed by atoms with Crippen LogP contribution in [0.4, 0.5) is 4.39 Å². The summed E-state index contributed by atoms with van der Waals surface area (Å²) >= 11 is 0. The Labute approximate surface area is 110 Å². The molecule has 2 nitrogen and oxygen atoms in total. The topological polar surface area (TPSA) is 20.3 Å². The molecule has 1 amide bonds. The van der Waals surface area contributed by atoms with Crippen molar-refractivity contribution >= 4 is 17.7 Å². The summed E-state index contributed by atoms with van der Waals surface area (Å²) in [6.07, 6.45) is 1.84. The number of amides is 1. The summed E-state index contributed by atoms with van der Waals surface area (Å²) in [4.78, 5) is 13.2. The summed E-state index contributed by atoms with van der Waals surface area (Å²) in [5.74, 6) is -0.278. The Hall–Kier alpha value is -2.42. The molecular formula is C16H12FNO. The fourth-order valence-electron chi connectivity index (χ4n) is 2.27. The molecular weight excluding hydrogens is 241 g/mol. The lowest BCUT2D eigenvalue weighted by Crippen LogP contribution is -2.21. The molecule has 1 aliphatic heterocycles. The molecule has 1 aliphatic rings. The first kappa shape index (κ1) is 11.7. The van der Waals surface area contributed by atoms with Crippen LogP contribution in [0.3, 0.4) is 0 Å². The van der Waals surface area contributed by atoms with Crippen LogP contribution in [0.25, 0.3) is 11.8 Å². The van der Waals surface area contributed by atoms with Crippen LogP contribution in [0.5, 0.6) is 0 Å². The Morgan fingerprint density at radius 3 is 2.26 bits per heavy atom. The number of benzene rings is 2. The molecule has 0 radical (unpaired) electrons. The Kier molecular flexibility index (Phi) is 2.88. The van der Waals surface area contributed by atoms with Crippen molar-refractivity contribution < 1.29 is 9.18 Å². The molecule has 2 aromatic rings. The smallest absolute Gasteiger partial charge is 0.261 e. The summed E-state index contributed by atoms with van der Waals surface area (Å²) in [5, 5.41) is 0. The van der Waals surface area contributed by atoms with Crippen LogP contribution in [0.15, 0.2) is 54.6 Å². The number of halogens is 1. The highest BCUT2D eigenvalue weighted by atomic mass is 19.1. The third-order valence-electron chi connectivity index (χ3n) is 3.19. The molecule has 0 bridgehead atoms. The highest BCUT2D eigenvalue weighted by Gasteiger charge is 2.31. The van der Waals surface area contributed by atoms with E-state index >= 15 is 0 Å². The van der Waals surface area contributed by atoms with E-state index in [-0.39, 0.29) is 5.91 Å². The van der Waals surface area contributed by atoms with Crippen molar-refractivity contribution in [1.29, 1.82) is 0 Å². The zero-order valence-corrected chi connectivity index (χ0v) is 10.2. The van der Waals surface area contributed by atoms with Gasteiger partial charge in [-0.15, -0.1) is 0 Å². The number of alkyl halides is 1. The summed E-state index contributed by atoms with van der Waals surface area (Å²) in [6.45, 7) is -0.813. The Morgan fingerprint density at radius 1 is 0.947 bits per heavy atom. The summed E-state index contributed by atoms with van der Waals surface area (Å²) in [7, 11) is 0. The minimum atomic E-state index is -0.813. The van der Waals surface area contributed by atoms with Crippen molar-refractivity contribution in [2.75, 3.05) is 6.80 Å². The summed E-state index contributed by atoms with van der Waals surface area (Å²) in [5.41, 5.74) is 2.91. The van der Waals surface area contributed by atoms with Gasteiger partial charge in [0.15, 0.2) is 6.80 Å². The average molecular weight is 253 g/mol. The highest BCUT2D eigenvalue weighted by molar-refractivity contribution is 6.11. The summed E-state index contributed by atoms with van der Waals surface area (Å²) < 4.78 is 13.1. The average Bonchev–Trinajstić information content (AvgIpc) is 2.73. The van der Waals surface area contributed by atoms with Crippen LogP contribution in [-0.4, -0.2) is 17.6 Å². The quantitative estimate of drug-likeness (QED) is 0.749. The molecule has 0 fully saturated rings. The number of hydrogen-bond donors (Lipinski definition) is 0. The van der Waals surface area contributed by atoms with Gasteiger partial charge in [-0.25, -0.2) is 4.39 Å². The number of fused-ring (bicyclic) bond motifs is 1. The van der Waals surface area contributed by atoms with Crippen molar-refractivity contribution in [3.05, 3.63) is 71.3 Å². The van der Waals surface area contributed by atoms with E-state index in [1.54, 1.807) is 12.1 Å². The van der Waals surface area contributed by atoms with Gasteiger partial charge < -0.3 is 0 Å². The van der Waals surface area contributed by atoms with Gasteiger partial charge in [-0.05, 0) is 17.7 Å². The van der Waals surface area contributed by atoms with Gasteiger partial charge in [-0.1, -0.05) is 48.5 Å². The second-order valence-electron chi connectivity index (χ2n) is 4.34. The predicted molar refractivity (Wildman–Crippen MR) is 72.9 cm³/mol. The molecule has 0 atom stereocenters. The maximum Gasteiger partial charge on any atom is 0.261 e. The Bertz CT molecular complexity index is 649. The van der Waals surface area contributed by atoms with Gasteiger partial charge in [0.05, 0.1) is 5.70 Å². The second kappa shape index (κ2) is 4.69. The van der Waals surface area contributed by atoms with Crippen molar-refractivity contribution in [2.45, 2.75) is 0 Å². The van der Waals surface area contributed by atoms with E-state index in [0.717, 1.165) is 16.0 Å². The van der Waals surface area contributed by atoms with Crippen molar-refractivity contribution in [3.63, 3.8) is 0 Å². The first-order chi connectivity index (χ1) is 9.31. The van der Waals surface area contributed by atoms with Crippen LogP contribution >= 0.6 is 0 Å². The number of nitrogens with zero attached hydrogens (tertiary/aromatic N) is 1. The first-order valence-electron chi connectivity index (χ1n) is 6.05. The predicted octanol–water partition coefficient (Wildman–Crippen LogP) is 3.57. The summed E-state index contributed by atoms with van der Waals surface area (Å²) in [6, 6.07) is 16.8. The number of hydrogen-bond acceptors (Lipinski definition) is 1. The molecule has 94 valence electrons.